The predicted octanol–water partition coefficient (Wildman–Crippen LogP) is 3.52. The fourth-order valence-electron chi connectivity index (χ4n) is 4.49. The molecule has 42 heavy (non-hydrogen) atoms. The van der Waals surface area contributed by atoms with Gasteiger partial charge in [0.2, 0.25) is 17.6 Å². The number of hydrogen-bond acceptors (Lipinski definition) is 5. The SMILES string of the molecule is CC(NC(=O)C(NC(=O)c1cccc2ccccc12)C(C)(C)C)C(=O)NC(C(=O)C(=O)NCc1ccccc1)C(C)C. The lowest BCUT2D eigenvalue weighted by atomic mass is 9.85. The molecule has 4 amide bonds. The van der Waals surface area contributed by atoms with Crippen LogP contribution in [0.5, 0.6) is 0 Å². The number of fused-ring (bicyclic) bond motifs is 1. The molecule has 0 saturated carbocycles. The maximum atomic E-state index is 13.4. The van der Waals surface area contributed by atoms with Gasteiger partial charge in [0.05, 0.1) is 6.04 Å². The van der Waals surface area contributed by atoms with E-state index in [0.29, 0.717) is 5.56 Å². The van der Waals surface area contributed by atoms with Crippen molar-refractivity contribution in [3.63, 3.8) is 0 Å². The zero-order valence-corrected chi connectivity index (χ0v) is 25.0. The van der Waals surface area contributed by atoms with Crippen molar-refractivity contribution < 1.29 is 24.0 Å². The molecule has 0 heterocycles. The van der Waals surface area contributed by atoms with E-state index in [2.05, 4.69) is 21.3 Å². The molecule has 3 aromatic rings. The minimum atomic E-state index is -1.09. The molecule has 0 saturated heterocycles. The first kappa shape index (κ1) is 32.0. The fraction of sp³-hybridized carbons (Fsp3) is 0.364. The second-order valence-corrected chi connectivity index (χ2v) is 11.8. The Morgan fingerprint density at radius 3 is 1.98 bits per heavy atom. The van der Waals surface area contributed by atoms with E-state index in [1.165, 1.54) is 6.92 Å². The highest BCUT2D eigenvalue weighted by Crippen LogP contribution is 2.23. The highest BCUT2D eigenvalue weighted by atomic mass is 16.2. The van der Waals surface area contributed by atoms with E-state index in [-0.39, 0.29) is 12.5 Å². The molecular formula is C33H40N4O5. The van der Waals surface area contributed by atoms with E-state index in [9.17, 15) is 24.0 Å². The molecule has 0 spiro atoms. The van der Waals surface area contributed by atoms with Crippen molar-refractivity contribution in [1.82, 2.24) is 21.3 Å². The van der Waals surface area contributed by atoms with E-state index < -0.39 is 53.0 Å². The van der Waals surface area contributed by atoms with Crippen LogP contribution in [0.15, 0.2) is 72.8 Å². The zero-order chi connectivity index (χ0) is 31.0. The molecule has 0 aliphatic rings. The molecule has 222 valence electrons. The second kappa shape index (κ2) is 13.9. The topological polar surface area (TPSA) is 133 Å². The molecule has 4 N–H and O–H groups in total. The summed E-state index contributed by atoms with van der Waals surface area (Å²) in [6.45, 7) is 10.5. The van der Waals surface area contributed by atoms with Crippen molar-refractivity contribution in [2.24, 2.45) is 11.3 Å². The van der Waals surface area contributed by atoms with Crippen LogP contribution in [-0.4, -0.2) is 47.5 Å². The summed E-state index contributed by atoms with van der Waals surface area (Å²) in [5.41, 5.74) is 0.583. The van der Waals surface area contributed by atoms with Gasteiger partial charge in [0.25, 0.3) is 11.8 Å². The number of amides is 4. The molecule has 0 fully saturated rings. The summed E-state index contributed by atoms with van der Waals surface area (Å²) in [4.78, 5) is 65.2. The Hall–Kier alpha value is -4.53. The molecule has 9 nitrogen and oxygen atoms in total. The summed E-state index contributed by atoms with van der Waals surface area (Å²) in [6, 6.07) is 18.9. The Morgan fingerprint density at radius 2 is 1.33 bits per heavy atom. The van der Waals surface area contributed by atoms with Crippen LogP contribution >= 0.6 is 0 Å². The maximum Gasteiger partial charge on any atom is 0.289 e. The Balaban J connectivity index is 1.66. The highest BCUT2D eigenvalue weighted by Gasteiger charge is 2.36. The summed E-state index contributed by atoms with van der Waals surface area (Å²) >= 11 is 0. The van der Waals surface area contributed by atoms with Gasteiger partial charge in [-0.15, -0.1) is 0 Å². The minimum absolute atomic E-state index is 0.176. The predicted molar refractivity (Wildman–Crippen MR) is 162 cm³/mol. The molecule has 0 aliphatic heterocycles. The molecule has 0 aliphatic carbocycles. The third-order valence-electron chi connectivity index (χ3n) is 6.96. The first-order valence-electron chi connectivity index (χ1n) is 14.0. The highest BCUT2D eigenvalue weighted by molar-refractivity contribution is 6.38. The van der Waals surface area contributed by atoms with E-state index >= 15 is 0 Å². The Morgan fingerprint density at radius 1 is 0.714 bits per heavy atom. The fourth-order valence-corrected chi connectivity index (χ4v) is 4.49. The molecule has 9 heteroatoms. The van der Waals surface area contributed by atoms with Crippen LogP contribution in [0.1, 0.15) is 57.5 Å². The van der Waals surface area contributed by atoms with Crippen LogP contribution < -0.4 is 21.3 Å². The van der Waals surface area contributed by atoms with Crippen LogP contribution in [-0.2, 0) is 25.7 Å². The van der Waals surface area contributed by atoms with Gasteiger partial charge < -0.3 is 21.3 Å². The minimum Gasteiger partial charge on any atom is -0.345 e. The third kappa shape index (κ3) is 8.25. The molecule has 3 atom stereocenters. The second-order valence-electron chi connectivity index (χ2n) is 11.8. The van der Waals surface area contributed by atoms with Gasteiger partial charge >= 0.3 is 0 Å². The lowest BCUT2D eigenvalue weighted by molar-refractivity contribution is -0.141. The number of carbonyl (C=O) groups is 5. The summed E-state index contributed by atoms with van der Waals surface area (Å²) < 4.78 is 0. The summed E-state index contributed by atoms with van der Waals surface area (Å²) in [7, 11) is 0. The van der Waals surface area contributed by atoms with E-state index in [0.717, 1.165) is 16.3 Å². The van der Waals surface area contributed by atoms with Crippen LogP contribution in [0.4, 0.5) is 0 Å². The number of hydrogen-bond donors (Lipinski definition) is 4. The van der Waals surface area contributed by atoms with Crippen LogP contribution in [0.25, 0.3) is 10.8 Å². The summed E-state index contributed by atoms with van der Waals surface area (Å²) in [5, 5.41) is 12.4. The Bertz CT molecular complexity index is 1440. The third-order valence-corrected chi connectivity index (χ3v) is 6.96. The van der Waals surface area contributed by atoms with Crippen molar-refractivity contribution >= 4 is 40.2 Å². The molecule has 0 radical (unpaired) electrons. The Kier molecular flexibility index (Phi) is 10.6. The van der Waals surface area contributed by atoms with Gasteiger partial charge in [0.15, 0.2) is 0 Å². The van der Waals surface area contributed by atoms with Crippen molar-refractivity contribution in [3.05, 3.63) is 83.9 Å². The Labute approximate surface area is 246 Å². The first-order chi connectivity index (χ1) is 19.8. The largest absolute Gasteiger partial charge is 0.345 e. The lowest BCUT2D eigenvalue weighted by Crippen LogP contribution is -2.59. The van der Waals surface area contributed by atoms with Gasteiger partial charge in [0, 0.05) is 12.1 Å². The molecule has 0 bridgehead atoms. The normalized spacial score (nSPS) is 13.5. The maximum absolute atomic E-state index is 13.4. The summed E-state index contributed by atoms with van der Waals surface area (Å²) in [6.07, 6.45) is 0. The van der Waals surface area contributed by atoms with Crippen LogP contribution in [0.3, 0.4) is 0 Å². The number of carbonyl (C=O) groups excluding carboxylic acids is 5. The van der Waals surface area contributed by atoms with Crippen molar-refractivity contribution in [3.8, 4) is 0 Å². The smallest absolute Gasteiger partial charge is 0.289 e. The number of nitrogens with one attached hydrogen (secondary N) is 4. The average Bonchev–Trinajstić information content (AvgIpc) is 2.96. The monoisotopic (exact) mass is 572 g/mol. The molecular weight excluding hydrogens is 532 g/mol. The summed E-state index contributed by atoms with van der Waals surface area (Å²) in [5.74, 6) is -3.55. The van der Waals surface area contributed by atoms with Gasteiger partial charge in [-0.25, -0.2) is 0 Å². The number of rotatable bonds is 11. The molecule has 3 rings (SSSR count). The van der Waals surface area contributed by atoms with Gasteiger partial charge in [-0.05, 0) is 40.7 Å². The number of ketones is 1. The van der Waals surface area contributed by atoms with Crippen molar-refractivity contribution in [1.29, 1.82) is 0 Å². The lowest BCUT2D eigenvalue weighted by Gasteiger charge is -2.31. The van der Waals surface area contributed by atoms with E-state index in [1.54, 1.807) is 26.0 Å². The van der Waals surface area contributed by atoms with Crippen LogP contribution in [0, 0.1) is 11.3 Å². The molecule has 3 aromatic carbocycles. The quantitative estimate of drug-likeness (QED) is 0.261. The van der Waals surface area contributed by atoms with Gasteiger partial charge in [-0.2, -0.15) is 0 Å². The molecule has 0 aromatic heterocycles. The van der Waals surface area contributed by atoms with Gasteiger partial charge in [-0.1, -0.05) is 101 Å². The zero-order valence-electron chi connectivity index (χ0n) is 25.0. The van der Waals surface area contributed by atoms with Crippen molar-refractivity contribution in [2.75, 3.05) is 0 Å². The average molecular weight is 573 g/mol. The van der Waals surface area contributed by atoms with E-state index in [4.69, 9.17) is 0 Å². The van der Waals surface area contributed by atoms with Crippen molar-refractivity contribution in [2.45, 2.75) is 66.2 Å². The standard InChI is InChI=1S/C33H40N4O5/c1-20(2)26(27(38)31(41)34-19-22-13-8-7-9-14-22)36-29(39)21(3)35-32(42)28(33(4,5)6)37-30(40)25-18-12-16-23-15-10-11-17-24(23)25/h7-18,20-21,26,28H,19H2,1-6H3,(H,34,41)(H,35,42)(H,36,39)(H,37,40). The van der Waals surface area contributed by atoms with Gasteiger partial charge in [-0.3, -0.25) is 24.0 Å². The van der Waals surface area contributed by atoms with E-state index in [1.807, 2.05) is 81.4 Å². The van der Waals surface area contributed by atoms with Gasteiger partial charge in [0.1, 0.15) is 12.1 Å². The first-order valence-corrected chi connectivity index (χ1v) is 14.0. The van der Waals surface area contributed by atoms with Crippen LogP contribution in [0.2, 0.25) is 0 Å². The number of benzene rings is 3. The number of Topliss-reactive ketones (excluding diaryl/α,β-unsaturated/α-hetero) is 1. The molecule has 3 unspecified atom stereocenters.